The molecule has 9 heteroatoms. The number of anilines is 3. The van der Waals surface area contributed by atoms with E-state index in [0.29, 0.717) is 23.5 Å². The average molecular weight is 415 g/mol. The predicted octanol–water partition coefficient (Wildman–Crippen LogP) is 2.50. The number of ether oxygens (including phenoxy) is 1. The number of carbonyl (C=O) groups excluding carboxylic acids is 2. The summed E-state index contributed by atoms with van der Waals surface area (Å²) in [5.41, 5.74) is 2.27. The third-order valence-electron chi connectivity index (χ3n) is 5.08. The number of hydrogen-bond acceptors (Lipinski definition) is 5. The van der Waals surface area contributed by atoms with Crippen molar-refractivity contribution in [2.45, 2.75) is 44.2 Å². The van der Waals surface area contributed by atoms with E-state index < -0.39 is 16.1 Å². The molecular formula is C20H21N3O5S. The van der Waals surface area contributed by atoms with Gasteiger partial charge in [0.15, 0.2) is 6.10 Å². The Hall–Kier alpha value is -3.07. The number of nitrogens with zero attached hydrogens (tertiary/aromatic N) is 1. The lowest BCUT2D eigenvalue weighted by atomic mass is 10.1. The molecule has 2 heterocycles. The van der Waals surface area contributed by atoms with Gasteiger partial charge in [-0.05, 0) is 62.2 Å². The Balaban J connectivity index is 1.61. The Morgan fingerprint density at radius 3 is 2.69 bits per heavy atom. The highest BCUT2D eigenvalue weighted by Crippen LogP contribution is 2.35. The monoisotopic (exact) mass is 415 g/mol. The molecule has 0 aliphatic carbocycles. The third kappa shape index (κ3) is 3.42. The molecule has 0 unspecified atom stereocenters. The minimum absolute atomic E-state index is 0.0138. The van der Waals surface area contributed by atoms with Crippen LogP contribution in [0.4, 0.5) is 17.1 Å². The molecule has 2 amide bonds. The Morgan fingerprint density at radius 2 is 1.97 bits per heavy atom. The van der Waals surface area contributed by atoms with Crippen LogP contribution in [-0.2, 0) is 26.0 Å². The van der Waals surface area contributed by atoms with Crippen molar-refractivity contribution in [3.05, 3.63) is 42.0 Å². The number of nitrogens with one attached hydrogen (secondary N) is 2. The third-order valence-corrected chi connectivity index (χ3v) is 6.46. The number of benzene rings is 2. The van der Waals surface area contributed by atoms with Crippen molar-refractivity contribution in [1.29, 1.82) is 0 Å². The van der Waals surface area contributed by atoms with E-state index in [1.807, 2.05) is 6.92 Å². The number of hydrogen-bond donors (Lipinski definition) is 2. The zero-order valence-electron chi connectivity index (χ0n) is 16.2. The summed E-state index contributed by atoms with van der Waals surface area (Å²) in [5, 5.41) is 2.69. The van der Waals surface area contributed by atoms with Crippen LogP contribution in [0.25, 0.3) is 0 Å². The molecule has 8 nitrogen and oxygen atoms in total. The Kier molecular flexibility index (Phi) is 4.49. The van der Waals surface area contributed by atoms with Crippen molar-refractivity contribution in [2.75, 3.05) is 14.9 Å². The van der Waals surface area contributed by atoms with Crippen LogP contribution in [0.1, 0.15) is 26.3 Å². The fourth-order valence-electron chi connectivity index (χ4n) is 3.74. The lowest BCUT2D eigenvalue weighted by molar-refractivity contribution is -0.122. The molecule has 4 rings (SSSR count). The van der Waals surface area contributed by atoms with Gasteiger partial charge in [-0.3, -0.25) is 14.3 Å². The van der Waals surface area contributed by atoms with Crippen molar-refractivity contribution in [3.63, 3.8) is 0 Å². The van der Waals surface area contributed by atoms with E-state index in [0.717, 1.165) is 11.3 Å². The number of carbonyl (C=O) groups is 2. The first-order chi connectivity index (χ1) is 13.7. The maximum absolute atomic E-state index is 12.9. The summed E-state index contributed by atoms with van der Waals surface area (Å²) in [6, 6.07) is 9.44. The largest absolute Gasteiger partial charge is 0.479 e. The normalized spacial score (nSPS) is 20.4. The zero-order chi connectivity index (χ0) is 20.9. The van der Waals surface area contributed by atoms with Gasteiger partial charge in [-0.1, -0.05) is 0 Å². The fraction of sp³-hybridized carbons (Fsp3) is 0.300. The molecule has 0 saturated carbocycles. The first-order valence-corrected chi connectivity index (χ1v) is 10.7. The number of fused-ring (bicyclic) bond motifs is 2. The summed E-state index contributed by atoms with van der Waals surface area (Å²) >= 11 is 0. The van der Waals surface area contributed by atoms with Gasteiger partial charge in [-0.2, -0.15) is 0 Å². The average Bonchev–Trinajstić information content (AvgIpc) is 2.97. The molecule has 2 atom stereocenters. The molecule has 0 aromatic heterocycles. The standard InChI is InChI=1S/C20H21N3O5S/c1-11-8-14-9-16(5-6-18(14)23(11)13(3)24)29(26,27)22-15-4-7-19-17(10-15)21-20(25)12(2)28-19/h4-7,9-12,22H,8H2,1-3H3,(H,21,25)/t11-,12-/m0/s1. The molecule has 152 valence electrons. The van der Waals surface area contributed by atoms with Gasteiger partial charge in [0, 0.05) is 18.7 Å². The molecular weight excluding hydrogens is 394 g/mol. The molecule has 0 spiro atoms. The van der Waals surface area contributed by atoms with Gasteiger partial charge in [-0.25, -0.2) is 8.42 Å². The Labute approximate surface area is 168 Å². The van der Waals surface area contributed by atoms with Crippen molar-refractivity contribution >= 4 is 38.9 Å². The van der Waals surface area contributed by atoms with Crippen LogP contribution in [0, 0.1) is 0 Å². The Morgan fingerprint density at radius 1 is 1.21 bits per heavy atom. The van der Waals surface area contributed by atoms with Crippen molar-refractivity contribution in [3.8, 4) is 5.75 Å². The highest BCUT2D eigenvalue weighted by Gasteiger charge is 2.30. The first-order valence-electron chi connectivity index (χ1n) is 9.23. The van der Waals surface area contributed by atoms with Gasteiger partial charge in [0.1, 0.15) is 5.75 Å². The number of amides is 2. The molecule has 0 radical (unpaired) electrons. The maximum atomic E-state index is 12.9. The van der Waals surface area contributed by atoms with Gasteiger partial charge in [0.25, 0.3) is 15.9 Å². The second-order valence-corrected chi connectivity index (χ2v) is 8.98. The van der Waals surface area contributed by atoms with Gasteiger partial charge >= 0.3 is 0 Å². The molecule has 29 heavy (non-hydrogen) atoms. The highest BCUT2D eigenvalue weighted by atomic mass is 32.2. The van der Waals surface area contributed by atoms with Crippen LogP contribution in [-0.4, -0.2) is 32.4 Å². The van der Waals surface area contributed by atoms with E-state index in [9.17, 15) is 18.0 Å². The van der Waals surface area contributed by atoms with E-state index in [4.69, 9.17) is 4.74 Å². The van der Waals surface area contributed by atoms with Crippen LogP contribution >= 0.6 is 0 Å². The van der Waals surface area contributed by atoms with E-state index in [1.165, 1.54) is 19.1 Å². The minimum Gasteiger partial charge on any atom is -0.479 e. The lowest BCUT2D eigenvalue weighted by Gasteiger charge is -2.23. The quantitative estimate of drug-likeness (QED) is 0.801. The molecule has 0 bridgehead atoms. The lowest BCUT2D eigenvalue weighted by Crippen LogP contribution is -2.34. The second kappa shape index (κ2) is 6.77. The van der Waals surface area contributed by atoms with Gasteiger partial charge in [-0.15, -0.1) is 0 Å². The van der Waals surface area contributed by atoms with Gasteiger partial charge in [0.2, 0.25) is 5.91 Å². The van der Waals surface area contributed by atoms with E-state index in [-0.39, 0.29) is 22.8 Å². The highest BCUT2D eigenvalue weighted by molar-refractivity contribution is 7.92. The molecule has 2 N–H and O–H groups in total. The topological polar surface area (TPSA) is 105 Å². The predicted molar refractivity (Wildman–Crippen MR) is 109 cm³/mol. The van der Waals surface area contributed by atoms with E-state index in [2.05, 4.69) is 10.0 Å². The first kappa shape index (κ1) is 19.3. The SMILES string of the molecule is CC(=O)N1c2ccc(S(=O)(=O)Nc3ccc4c(c3)NC(=O)[C@H](C)O4)cc2C[C@@H]1C. The van der Waals surface area contributed by atoms with Crippen LogP contribution in [0.2, 0.25) is 0 Å². The number of sulfonamides is 1. The second-order valence-electron chi connectivity index (χ2n) is 7.30. The fourth-order valence-corrected chi connectivity index (χ4v) is 4.84. The van der Waals surface area contributed by atoms with Crippen molar-refractivity contribution < 1.29 is 22.7 Å². The maximum Gasteiger partial charge on any atom is 0.265 e. The van der Waals surface area contributed by atoms with E-state index in [1.54, 1.807) is 36.1 Å². The summed E-state index contributed by atoms with van der Waals surface area (Å²) < 4.78 is 33.8. The molecule has 2 aliphatic rings. The summed E-state index contributed by atoms with van der Waals surface area (Å²) in [6.07, 6.45) is -0.00741. The number of rotatable bonds is 3. The van der Waals surface area contributed by atoms with Crippen LogP contribution in [0.3, 0.4) is 0 Å². The molecule has 2 aromatic rings. The van der Waals surface area contributed by atoms with E-state index >= 15 is 0 Å². The summed E-state index contributed by atoms with van der Waals surface area (Å²) in [6.45, 7) is 5.06. The van der Waals surface area contributed by atoms with Crippen LogP contribution in [0.5, 0.6) is 5.75 Å². The van der Waals surface area contributed by atoms with Crippen molar-refractivity contribution in [1.82, 2.24) is 0 Å². The van der Waals surface area contributed by atoms with Crippen molar-refractivity contribution in [2.24, 2.45) is 0 Å². The molecule has 2 aromatic carbocycles. The van der Waals surface area contributed by atoms with Gasteiger partial charge in [0.05, 0.1) is 16.3 Å². The smallest absolute Gasteiger partial charge is 0.265 e. The molecule has 2 aliphatic heterocycles. The Bertz CT molecular complexity index is 1130. The zero-order valence-corrected chi connectivity index (χ0v) is 17.0. The molecule has 0 fully saturated rings. The van der Waals surface area contributed by atoms with Gasteiger partial charge < -0.3 is 15.0 Å². The van der Waals surface area contributed by atoms with Crippen LogP contribution < -0.4 is 19.7 Å². The summed E-state index contributed by atoms with van der Waals surface area (Å²) in [5.74, 6) is 0.119. The minimum atomic E-state index is -3.85. The molecule has 0 saturated heterocycles. The van der Waals surface area contributed by atoms with Crippen LogP contribution in [0.15, 0.2) is 41.3 Å². The summed E-state index contributed by atoms with van der Waals surface area (Å²) in [7, 11) is -3.85. The summed E-state index contributed by atoms with van der Waals surface area (Å²) in [4.78, 5) is 25.4.